The number of furan rings is 1. The van der Waals surface area contributed by atoms with Crippen LogP contribution < -0.4 is 5.43 Å². The maximum absolute atomic E-state index is 12.8. The molecule has 7 nitrogen and oxygen atoms in total. The summed E-state index contributed by atoms with van der Waals surface area (Å²) in [5.74, 6) is -0.562. The predicted octanol–water partition coefficient (Wildman–Crippen LogP) is 5.32. The largest absolute Gasteiger partial charge is 0.462 e. The molecule has 1 N–H and O–H groups in total. The van der Waals surface area contributed by atoms with Gasteiger partial charge in [-0.15, -0.1) is 0 Å². The van der Waals surface area contributed by atoms with Gasteiger partial charge in [0.25, 0.3) is 11.8 Å². The lowest BCUT2D eigenvalue weighted by atomic mass is 10.1. The van der Waals surface area contributed by atoms with E-state index in [1.54, 1.807) is 73.7 Å². The molecule has 3 aromatic rings. The van der Waals surface area contributed by atoms with E-state index < -0.39 is 17.8 Å². The van der Waals surface area contributed by atoms with Gasteiger partial charge in [0.05, 0.1) is 22.1 Å². The molecule has 0 aliphatic carbocycles. The van der Waals surface area contributed by atoms with Crippen LogP contribution in [0.25, 0.3) is 17.4 Å². The van der Waals surface area contributed by atoms with Crippen molar-refractivity contribution in [2.75, 3.05) is 6.61 Å². The Morgan fingerprint density at radius 3 is 2.68 bits per heavy atom. The third-order valence-corrected chi connectivity index (χ3v) is 6.32. The first-order chi connectivity index (χ1) is 16.4. The topological polar surface area (TPSA) is 88.9 Å². The second-order valence-electron chi connectivity index (χ2n) is 6.94. The number of hydrazine groups is 1. The summed E-state index contributed by atoms with van der Waals surface area (Å²) in [6.45, 7) is 1.94. The number of carbonyl (C=O) groups excluding carboxylic acids is 3. The van der Waals surface area contributed by atoms with E-state index in [0.29, 0.717) is 27.6 Å². The van der Waals surface area contributed by atoms with Gasteiger partial charge >= 0.3 is 5.97 Å². The molecular weight excluding hydrogens is 496 g/mol. The number of nitrogens with zero attached hydrogens (tertiary/aromatic N) is 1. The Kier molecular flexibility index (Phi) is 7.16. The number of carbonyl (C=O) groups is 3. The molecule has 0 unspecified atom stereocenters. The van der Waals surface area contributed by atoms with Crippen molar-refractivity contribution in [2.24, 2.45) is 0 Å². The van der Waals surface area contributed by atoms with Crippen LogP contribution in [0, 0.1) is 0 Å². The van der Waals surface area contributed by atoms with Gasteiger partial charge in [0.1, 0.15) is 11.5 Å². The molecule has 0 spiro atoms. The van der Waals surface area contributed by atoms with Gasteiger partial charge in [-0.2, -0.15) is 5.01 Å². The van der Waals surface area contributed by atoms with Crippen molar-refractivity contribution in [3.63, 3.8) is 0 Å². The van der Waals surface area contributed by atoms with Gasteiger partial charge in [-0.05, 0) is 61.6 Å². The summed E-state index contributed by atoms with van der Waals surface area (Å²) >= 11 is 12.4. The summed E-state index contributed by atoms with van der Waals surface area (Å²) in [4.78, 5) is 37.6. The van der Waals surface area contributed by atoms with Crippen LogP contribution in [0.5, 0.6) is 0 Å². The molecular formula is C24H17ClN2O5S2. The maximum Gasteiger partial charge on any atom is 0.339 e. The Hall–Kier alpha value is -3.40. The normalized spacial score (nSPS) is 14.5. The highest BCUT2D eigenvalue weighted by atomic mass is 35.5. The lowest BCUT2D eigenvalue weighted by molar-refractivity contribution is -0.123. The molecule has 4 rings (SSSR count). The van der Waals surface area contributed by atoms with Crippen LogP contribution in [0.3, 0.4) is 0 Å². The number of hydrogen-bond donors (Lipinski definition) is 1. The molecule has 0 atom stereocenters. The number of esters is 1. The highest BCUT2D eigenvalue weighted by Crippen LogP contribution is 2.33. The van der Waals surface area contributed by atoms with Crippen LogP contribution in [0.15, 0.2) is 70.0 Å². The second-order valence-corrected chi connectivity index (χ2v) is 9.02. The first-order valence-electron chi connectivity index (χ1n) is 10.1. The summed E-state index contributed by atoms with van der Waals surface area (Å²) < 4.78 is 11.1. The van der Waals surface area contributed by atoms with Crippen molar-refractivity contribution in [3.05, 3.63) is 87.5 Å². The standard InChI is InChI=1S/C24H17ClN2O5S2/c1-2-31-23(30)17-12-15(8-10-18(17)25)19-11-9-16(32-19)13-20-22(29)27(24(33)34-20)26-21(28)14-6-4-3-5-7-14/h3-13H,2H2,1H3,(H,26,28)/b20-13+. The Morgan fingerprint density at radius 1 is 1.18 bits per heavy atom. The quantitative estimate of drug-likeness (QED) is 0.271. The summed E-state index contributed by atoms with van der Waals surface area (Å²) in [7, 11) is 0. The number of thiocarbonyl (C=S) groups is 1. The van der Waals surface area contributed by atoms with Crippen LogP contribution in [0.2, 0.25) is 5.02 Å². The zero-order valence-corrected chi connectivity index (χ0v) is 20.1. The maximum atomic E-state index is 12.8. The van der Waals surface area contributed by atoms with Gasteiger partial charge in [0.2, 0.25) is 0 Å². The third kappa shape index (κ3) is 5.06. The minimum atomic E-state index is -0.526. The number of thioether (sulfide) groups is 1. The molecule has 2 aromatic carbocycles. The molecule has 172 valence electrons. The molecule has 0 radical (unpaired) electrons. The number of halogens is 1. The Balaban J connectivity index is 1.52. The van der Waals surface area contributed by atoms with E-state index in [4.69, 9.17) is 33.0 Å². The lowest BCUT2D eigenvalue weighted by Gasteiger charge is -2.15. The summed E-state index contributed by atoms with van der Waals surface area (Å²) in [6.07, 6.45) is 1.54. The third-order valence-electron chi connectivity index (χ3n) is 4.69. The highest BCUT2D eigenvalue weighted by Gasteiger charge is 2.34. The summed E-state index contributed by atoms with van der Waals surface area (Å²) in [6, 6.07) is 16.8. The average molecular weight is 513 g/mol. The minimum Gasteiger partial charge on any atom is -0.462 e. The molecule has 1 aliphatic heterocycles. The SMILES string of the molecule is CCOC(=O)c1cc(-c2ccc(/C=C3/SC(=S)N(NC(=O)c4ccccc4)C3=O)o2)ccc1Cl. The number of hydrogen-bond acceptors (Lipinski definition) is 7. The number of benzene rings is 2. The fourth-order valence-corrected chi connectivity index (χ4v) is 4.43. The van der Waals surface area contributed by atoms with E-state index >= 15 is 0 Å². The van der Waals surface area contributed by atoms with E-state index in [2.05, 4.69) is 5.43 Å². The van der Waals surface area contributed by atoms with Crippen molar-refractivity contribution >= 4 is 63.8 Å². The van der Waals surface area contributed by atoms with Crippen molar-refractivity contribution in [2.45, 2.75) is 6.92 Å². The molecule has 1 aliphatic rings. The fraction of sp³-hybridized carbons (Fsp3) is 0.0833. The van der Waals surface area contributed by atoms with Gasteiger partial charge in [0.15, 0.2) is 4.32 Å². The summed E-state index contributed by atoms with van der Waals surface area (Å²) in [5.41, 5.74) is 3.78. The van der Waals surface area contributed by atoms with Gasteiger partial charge < -0.3 is 9.15 Å². The Labute approximate surface area is 209 Å². The first kappa shape index (κ1) is 23.7. The number of amides is 2. The molecule has 34 heavy (non-hydrogen) atoms. The zero-order valence-electron chi connectivity index (χ0n) is 17.7. The fourth-order valence-electron chi connectivity index (χ4n) is 3.08. The second kappa shape index (κ2) is 10.3. The van der Waals surface area contributed by atoms with Gasteiger partial charge in [-0.25, -0.2) is 4.79 Å². The smallest absolute Gasteiger partial charge is 0.339 e. The molecule has 10 heteroatoms. The molecule has 0 bridgehead atoms. The van der Waals surface area contributed by atoms with E-state index in [0.717, 1.165) is 16.8 Å². The molecule has 1 saturated heterocycles. The van der Waals surface area contributed by atoms with Gasteiger partial charge in [-0.3, -0.25) is 15.0 Å². The van der Waals surface area contributed by atoms with Crippen LogP contribution in [-0.2, 0) is 9.53 Å². The monoisotopic (exact) mass is 512 g/mol. The van der Waals surface area contributed by atoms with E-state index in [-0.39, 0.29) is 21.5 Å². The lowest BCUT2D eigenvalue weighted by Crippen LogP contribution is -2.44. The van der Waals surface area contributed by atoms with Crippen LogP contribution in [-0.4, -0.2) is 33.7 Å². The predicted molar refractivity (Wildman–Crippen MR) is 134 cm³/mol. The van der Waals surface area contributed by atoms with Crippen molar-refractivity contribution in [3.8, 4) is 11.3 Å². The summed E-state index contributed by atoms with van der Waals surface area (Å²) in [5, 5.41) is 1.31. The van der Waals surface area contributed by atoms with Gasteiger partial charge in [0, 0.05) is 17.2 Å². The minimum absolute atomic E-state index is 0.198. The number of ether oxygens (including phenoxy) is 1. The molecule has 1 aromatic heterocycles. The zero-order chi connectivity index (χ0) is 24.2. The van der Waals surface area contributed by atoms with Gasteiger partial charge in [-0.1, -0.05) is 41.6 Å². The Morgan fingerprint density at radius 2 is 1.94 bits per heavy atom. The van der Waals surface area contributed by atoms with Crippen LogP contribution in [0.4, 0.5) is 0 Å². The highest BCUT2D eigenvalue weighted by molar-refractivity contribution is 8.26. The molecule has 2 heterocycles. The Bertz CT molecular complexity index is 1320. The molecule has 2 amide bonds. The van der Waals surface area contributed by atoms with E-state index in [1.165, 1.54) is 0 Å². The van der Waals surface area contributed by atoms with Crippen LogP contribution in [0.1, 0.15) is 33.4 Å². The van der Waals surface area contributed by atoms with Crippen molar-refractivity contribution in [1.82, 2.24) is 10.4 Å². The molecule has 0 saturated carbocycles. The van der Waals surface area contributed by atoms with Crippen molar-refractivity contribution < 1.29 is 23.5 Å². The number of rotatable bonds is 6. The van der Waals surface area contributed by atoms with E-state index in [9.17, 15) is 14.4 Å². The molecule has 1 fully saturated rings. The average Bonchev–Trinajstić information content (AvgIpc) is 3.40. The van der Waals surface area contributed by atoms with E-state index in [1.807, 2.05) is 0 Å². The van der Waals surface area contributed by atoms with Crippen molar-refractivity contribution in [1.29, 1.82) is 0 Å². The number of nitrogens with one attached hydrogen (secondary N) is 1. The first-order valence-corrected chi connectivity index (χ1v) is 11.7. The van der Waals surface area contributed by atoms with Crippen LogP contribution >= 0.6 is 35.6 Å².